The van der Waals surface area contributed by atoms with E-state index in [9.17, 15) is 13.0 Å². The van der Waals surface area contributed by atoms with Crippen molar-refractivity contribution in [2.75, 3.05) is 0 Å². The molecule has 0 unspecified atom stereocenters. The molecule has 0 aliphatic carbocycles. The molecule has 2 rings (SSSR count). The van der Waals surface area contributed by atoms with E-state index in [1.807, 2.05) is 24.3 Å². The fourth-order valence-electron chi connectivity index (χ4n) is 2.80. The minimum Gasteiger partial charge on any atom is -0.744 e. The SMILES string of the molecule is CCCCc1cc2cccc(CCCC)c2cc1S(=O)(=O)[O-].[Na+]. The maximum absolute atomic E-state index is 11.6. The summed E-state index contributed by atoms with van der Waals surface area (Å²) < 4.78 is 34.9. The Morgan fingerprint density at radius 2 is 1.57 bits per heavy atom. The Balaban J connectivity index is 0.00000264. The van der Waals surface area contributed by atoms with Gasteiger partial charge in [-0.1, -0.05) is 44.9 Å². The Labute approximate surface area is 161 Å². The number of hydrogen-bond donors (Lipinski definition) is 0. The maximum atomic E-state index is 11.6. The Morgan fingerprint density at radius 3 is 2.13 bits per heavy atom. The summed E-state index contributed by atoms with van der Waals surface area (Å²) in [6, 6.07) is 9.48. The van der Waals surface area contributed by atoms with Crippen molar-refractivity contribution in [2.24, 2.45) is 0 Å². The smallest absolute Gasteiger partial charge is 0.744 e. The molecule has 23 heavy (non-hydrogen) atoms. The van der Waals surface area contributed by atoms with Crippen molar-refractivity contribution in [3.05, 3.63) is 41.5 Å². The summed E-state index contributed by atoms with van der Waals surface area (Å²) in [4.78, 5) is -0.0441. The van der Waals surface area contributed by atoms with Gasteiger partial charge < -0.3 is 4.55 Å². The van der Waals surface area contributed by atoms with E-state index in [1.165, 1.54) is 0 Å². The van der Waals surface area contributed by atoms with E-state index < -0.39 is 10.1 Å². The second-order valence-electron chi connectivity index (χ2n) is 5.76. The molecule has 0 bridgehead atoms. The van der Waals surface area contributed by atoms with Gasteiger partial charge >= 0.3 is 29.6 Å². The van der Waals surface area contributed by atoms with Crippen LogP contribution in [0, 0.1) is 0 Å². The van der Waals surface area contributed by atoms with Gasteiger partial charge in [0, 0.05) is 0 Å². The van der Waals surface area contributed by atoms with Crippen molar-refractivity contribution in [3.63, 3.8) is 0 Å². The van der Waals surface area contributed by atoms with Crippen molar-refractivity contribution >= 4 is 20.9 Å². The van der Waals surface area contributed by atoms with Crippen LogP contribution in [0.25, 0.3) is 10.8 Å². The quantitative estimate of drug-likeness (QED) is 0.565. The Bertz CT molecular complexity index is 754. The van der Waals surface area contributed by atoms with Crippen molar-refractivity contribution in [3.8, 4) is 0 Å². The van der Waals surface area contributed by atoms with E-state index >= 15 is 0 Å². The molecule has 0 atom stereocenters. The zero-order valence-electron chi connectivity index (χ0n) is 14.3. The van der Waals surface area contributed by atoms with Crippen LogP contribution >= 0.6 is 0 Å². The van der Waals surface area contributed by atoms with E-state index in [4.69, 9.17) is 0 Å². The van der Waals surface area contributed by atoms with Gasteiger partial charge in [-0.15, -0.1) is 0 Å². The number of benzene rings is 2. The van der Waals surface area contributed by atoms with Crippen LogP contribution in [0.15, 0.2) is 35.2 Å². The summed E-state index contributed by atoms with van der Waals surface area (Å²) in [5.74, 6) is 0. The van der Waals surface area contributed by atoms with E-state index in [-0.39, 0.29) is 34.5 Å². The molecule has 0 aliphatic heterocycles. The summed E-state index contributed by atoms with van der Waals surface area (Å²) in [6.07, 6.45) is 5.51. The van der Waals surface area contributed by atoms with Crippen LogP contribution in [0.1, 0.15) is 50.7 Å². The molecule has 0 saturated heterocycles. The van der Waals surface area contributed by atoms with E-state index in [0.717, 1.165) is 48.4 Å². The summed E-state index contributed by atoms with van der Waals surface area (Å²) in [7, 11) is -4.44. The third-order valence-corrected chi connectivity index (χ3v) is 4.94. The molecule has 0 aliphatic rings. The molecule has 0 fully saturated rings. The van der Waals surface area contributed by atoms with Crippen LogP contribution in [0.5, 0.6) is 0 Å². The van der Waals surface area contributed by atoms with Crippen molar-refractivity contribution in [1.82, 2.24) is 0 Å². The van der Waals surface area contributed by atoms with Gasteiger partial charge in [-0.25, -0.2) is 8.42 Å². The summed E-state index contributed by atoms with van der Waals surface area (Å²) in [5, 5.41) is 1.91. The van der Waals surface area contributed by atoms with Crippen LogP contribution in [0.3, 0.4) is 0 Å². The van der Waals surface area contributed by atoms with Gasteiger partial charge in [0.2, 0.25) is 0 Å². The molecule has 0 saturated carbocycles. The molecule has 0 spiro atoms. The molecule has 3 nitrogen and oxygen atoms in total. The van der Waals surface area contributed by atoms with Crippen LogP contribution in [-0.4, -0.2) is 13.0 Å². The maximum Gasteiger partial charge on any atom is 1.00 e. The number of fused-ring (bicyclic) bond motifs is 1. The van der Waals surface area contributed by atoms with E-state index in [1.54, 1.807) is 6.07 Å². The van der Waals surface area contributed by atoms with Gasteiger partial charge in [0.15, 0.2) is 0 Å². The number of aryl methyl sites for hydroxylation is 2. The van der Waals surface area contributed by atoms with Gasteiger partial charge in [0.1, 0.15) is 10.1 Å². The first kappa shape index (κ1) is 20.7. The summed E-state index contributed by atoms with van der Waals surface area (Å²) in [6.45, 7) is 4.18. The van der Waals surface area contributed by atoms with Crippen LogP contribution in [-0.2, 0) is 23.0 Å². The third kappa shape index (κ3) is 5.30. The van der Waals surface area contributed by atoms with Gasteiger partial charge in [-0.3, -0.25) is 0 Å². The second kappa shape index (κ2) is 9.19. The fourth-order valence-corrected chi connectivity index (χ4v) is 3.54. The average molecular weight is 342 g/mol. The molecular formula is C18H23NaO3S. The molecule has 5 heteroatoms. The predicted octanol–water partition coefficient (Wildman–Crippen LogP) is 1.43. The molecule has 0 radical (unpaired) electrons. The van der Waals surface area contributed by atoms with Gasteiger partial charge in [-0.2, -0.15) is 0 Å². The Kier molecular flexibility index (Phi) is 8.25. The fraction of sp³-hybridized carbons (Fsp3) is 0.444. The second-order valence-corrected chi connectivity index (χ2v) is 7.11. The molecule has 0 N–H and O–H groups in total. The largest absolute Gasteiger partial charge is 1.00 e. The first-order valence-electron chi connectivity index (χ1n) is 7.97. The standard InChI is InChI=1S/C18H24O3S.Na/c1-3-5-8-14-10-7-11-15-12-16(9-6-4-2)18(13-17(14)15)22(19,20)21;/h7,10-13H,3-6,8-9H2,1-2H3,(H,19,20,21);/q;+1/p-1. The monoisotopic (exact) mass is 342 g/mol. The zero-order valence-corrected chi connectivity index (χ0v) is 17.1. The number of rotatable bonds is 7. The zero-order chi connectivity index (χ0) is 16.2. The van der Waals surface area contributed by atoms with Gasteiger partial charge in [0.05, 0.1) is 4.90 Å². The van der Waals surface area contributed by atoms with Crippen molar-refractivity contribution in [1.29, 1.82) is 0 Å². The summed E-state index contributed by atoms with van der Waals surface area (Å²) in [5.41, 5.74) is 1.77. The van der Waals surface area contributed by atoms with Crippen LogP contribution in [0.2, 0.25) is 0 Å². The molecule has 0 heterocycles. The predicted molar refractivity (Wildman–Crippen MR) is 89.1 cm³/mol. The first-order valence-corrected chi connectivity index (χ1v) is 9.38. The third-order valence-electron chi connectivity index (χ3n) is 4.02. The Morgan fingerprint density at radius 1 is 0.957 bits per heavy atom. The van der Waals surface area contributed by atoms with Crippen LogP contribution < -0.4 is 29.6 Å². The van der Waals surface area contributed by atoms with Crippen LogP contribution in [0.4, 0.5) is 0 Å². The molecule has 120 valence electrons. The molecule has 2 aromatic rings. The summed E-state index contributed by atoms with van der Waals surface area (Å²) >= 11 is 0. The minimum absolute atomic E-state index is 0. The minimum atomic E-state index is -4.44. The van der Waals surface area contributed by atoms with E-state index in [2.05, 4.69) is 13.8 Å². The molecule has 2 aromatic carbocycles. The number of unbranched alkanes of at least 4 members (excludes halogenated alkanes) is 2. The van der Waals surface area contributed by atoms with E-state index in [0.29, 0.717) is 12.0 Å². The average Bonchev–Trinajstić information content (AvgIpc) is 2.48. The molecule has 0 amide bonds. The first-order chi connectivity index (χ1) is 10.5. The normalized spacial score (nSPS) is 11.4. The topological polar surface area (TPSA) is 57.2 Å². The number of hydrogen-bond acceptors (Lipinski definition) is 3. The molecule has 0 aromatic heterocycles. The van der Waals surface area contributed by atoms with Gasteiger partial charge in [0.25, 0.3) is 0 Å². The van der Waals surface area contributed by atoms with Gasteiger partial charge in [-0.05, 0) is 59.7 Å². The Hall–Kier alpha value is -0.390. The van der Waals surface area contributed by atoms with Crippen molar-refractivity contribution < 1.29 is 42.5 Å². The molecular weight excluding hydrogens is 319 g/mol. The van der Waals surface area contributed by atoms with Crippen molar-refractivity contribution in [2.45, 2.75) is 57.3 Å².